The van der Waals surface area contributed by atoms with Gasteiger partial charge in [0.1, 0.15) is 18.5 Å². The first-order valence-corrected chi connectivity index (χ1v) is 7.25. The van der Waals surface area contributed by atoms with Crippen molar-refractivity contribution in [2.24, 2.45) is 0 Å². The van der Waals surface area contributed by atoms with E-state index in [0.29, 0.717) is 12.2 Å². The fraction of sp³-hybridized carbons (Fsp3) is 0.235. The molecule has 0 bridgehead atoms. The van der Waals surface area contributed by atoms with Crippen molar-refractivity contribution in [3.05, 3.63) is 59.7 Å². The number of nitrogens with one attached hydrogen (secondary N) is 1. The van der Waals surface area contributed by atoms with Gasteiger partial charge in [-0.05, 0) is 30.3 Å². The van der Waals surface area contributed by atoms with Crippen molar-refractivity contribution in [3.63, 3.8) is 0 Å². The number of ether oxygens (including phenoxy) is 2. The summed E-state index contributed by atoms with van der Waals surface area (Å²) in [6.07, 6.45) is -4.56. The quantitative estimate of drug-likeness (QED) is 0.846. The molecule has 1 amide bonds. The van der Waals surface area contributed by atoms with Gasteiger partial charge in [-0.1, -0.05) is 18.2 Å². The van der Waals surface area contributed by atoms with Crippen LogP contribution in [-0.2, 0) is 10.9 Å². The van der Waals surface area contributed by atoms with E-state index >= 15 is 0 Å². The van der Waals surface area contributed by atoms with Gasteiger partial charge in [-0.25, -0.2) is 0 Å². The highest BCUT2D eigenvalue weighted by molar-refractivity contribution is 6.05. The Hall–Kier alpha value is -2.54. The molecule has 3 rings (SSSR count). The van der Waals surface area contributed by atoms with E-state index in [4.69, 9.17) is 9.47 Å². The molecule has 0 radical (unpaired) electrons. The molecule has 0 saturated carbocycles. The van der Waals surface area contributed by atoms with E-state index in [0.717, 1.165) is 12.1 Å². The second-order valence-corrected chi connectivity index (χ2v) is 5.30. The van der Waals surface area contributed by atoms with Gasteiger partial charge in [0, 0.05) is 5.56 Å². The molecule has 126 valence electrons. The largest absolute Gasteiger partial charge is 0.489 e. The van der Waals surface area contributed by atoms with Gasteiger partial charge in [-0.3, -0.25) is 4.79 Å². The zero-order chi connectivity index (χ0) is 17.2. The third kappa shape index (κ3) is 4.05. The Morgan fingerprint density at radius 2 is 1.92 bits per heavy atom. The molecule has 1 fully saturated rings. The van der Waals surface area contributed by atoms with Crippen molar-refractivity contribution < 1.29 is 27.4 Å². The molecule has 0 spiro atoms. The Kier molecular flexibility index (Phi) is 4.44. The van der Waals surface area contributed by atoms with Crippen molar-refractivity contribution in [2.45, 2.75) is 12.3 Å². The fourth-order valence-electron chi connectivity index (χ4n) is 2.06. The lowest BCUT2D eigenvalue weighted by atomic mass is 10.1. The van der Waals surface area contributed by atoms with E-state index in [1.807, 2.05) is 0 Å². The normalized spacial score (nSPS) is 16.5. The Labute approximate surface area is 136 Å². The van der Waals surface area contributed by atoms with Crippen LogP contribution in [0.5, 0.6) is 5.75 Å². The van der Waals surface area contributed by atoms with Crippen LogP contribution in [0, 0.1) is 0 Å². The summed E-state index contributed by atoms with van der Waals surface area (Å²) in [6.45, 7) is 0.784. The van der Waals surface area contributed by atoms with Gasteiger partial charge >= 0.3 is 6.18 Å². The van der Waals surface area contributed by atoms with Gasteiger partial charge in [0.25, 0.3) is 5.91 Å². The van der Waals surface area contributed by atoms with Crippen LogP contribution in [0.4, 0.5) is 18.9 Å². The van der Waals surface area contributed by atoms with Crippen LogP contribution in [0.2, 0.25) is 0 Å². The van der Waals surface area contributed by atoms with Crippen molar-refractivity contribution in [1.29, 1.82) is 0 Å². The maximum atomic E-state index is 12.9. The first kappa shape index (κ1) is 16.3. The second-order valence-electron chi connectivity index (χ2n) is 5.30. The number of alkyl halides is 3. The van der Waals surface area contributed by atoms with Crippen LogP contribution in [0.3, 0.4) is 0 Å². The van der Waals surface area contributed by atoms with Gasteiger partial charge < -0.3 is 14.8 Å². The molecule has 1 aliphatic rings. The van der Waals surface area contributed by atoms with Crippen molar-refractivity contribution in [3.8, 4) is 5.75 Å². The molecule has 1 aliphatic heterocycles. The molecule has 1 heterocycles. The number of halogens is 3. The molecule has 2 aromatic rings. The molecular weight excluding hydrogens is 323 g/mol. The van der Waals surface area contributed by atoms with Crippen molar-refractivity contribution in [1.82, 2.24) is 0 Å². The van der Waals surface area contributed by atoms with Gasteiger partial charge in [-0.2, -0.15) is 13.2 Å². The summed E-state index contributed by atoms with van der Waals surface area (Å²) in [7, 11) is 0. The summed E-state index contributed by atoms with van der Waals surface area (Å²) in [5.41, 5.74) is -0.549. The predicted molar refractivity (Wildman–Crippen MR) is 81.1 cm³/mol. The Balaban J connectivity index is 1.85. The molecule has 0 aliphatic carbocycles. The van der Waals surface area contributed by atoms with Crippen LogP contribution in [0.25, 0.3) is 0 Å². The molecule has 2 aromatic carbocycles. The van der Waals surface area contributed by atoms with Gasteiger partial charge in [-0.15, -0.1) is 0 Å². The molecule has 1 unspecified atom stereocenters. The highest BCUT2D eigenvalue weighted by atomic mass is 19.4. The van der Waals surface area contributed by atoms with E-state index in [1.54, 1.807) is 30.3 Å². The van der Waals surface area contributed by atoms with Gasteiger partial charge in [0.15, 0.2) is 0 Å². The number of anilines is 1. The number of hydrogen-bond acceptors (Lipinski definition) is 3. The summed E-state index contributed by atoms with van der Waals surface area (Å²) < 4.78 is 49.2. The topological polar surface area (TPSA) is 50.9 Å². The molecule has 7 heteroatoms. The second kappa shape index (κ2) is 6.52. The molecule has 4 nitrogen and oxygen atoms in total. The first-order valence-electron chi connectivity index (χ1n) is 7.25. The highest BCUT2D eigenvalue weighted by Gasteiger charge is 2.32. The SMILES string of the molecule is O=C(Nc1cc(C(F)(F)F)ccc1OCC1CO1)c1ccccc1. The smallest absolute Gasteiger partial charge is 0.416 e. The zero-order valence-electron chi connectivity index (χ0n) is 12.5. The summed E-state index contributed by atoms with van der Waals surface area (Å²) in [6, 6.07) is 11.2. The van der Waals surface area contributed by atoms with Crippen LogP contribution in [-0.4, -0.2) is 25.2 Å². The summed E-state index contributed by atoms with van der Waals surface area (Å²) in [5, 5.41) is 2.48. The van der Waals surface area contributed by atoms with E-state index in [2.05, 4.69) is 5.32 Å². The standard InChI is InChI=1S/C17H14F3NO3/c18-17(19,20)12-6-7-15(24-10-13-9-23-13)14(8-12)21-16(22)11-4-2-1-3-5-11/h1-8,13H,9-10H2,(H,21,22). The number of hydrogen-bond donors (Lipinski definition) is 1. The van der Waals surface area contributed by atoms with Crippen molar-refractivity contribution >= 4 is 11.6 Å². The number of carbonyl (C=O) groups is 1. The molecule has 24 heavy (non-hydrogen) atoms. The minimum absolute atomic E-state index is 0.0284. The predicted octanol–water partition coefficient (Wildman–Crippen LogP) is 3.74. The van der Waals surface area contributed by atoms with E-state index in [-0.39, 0.29) is 24.1 Å². The first-order chi connectivity index (χ1) is 11.4. The van der Waals surface area contributed by atoms with Gasteiger partial charge in [0.05, 0.1) is 17.9 Å². The summed E-state index contributed by atoms with van der Waals surface area (Å²) >= 11 is 0. The molecule has 1 atom stereocenters. The third-order valence-electron chi connectivity index (χ3n) is 3.42. The van der Waals surface area contributed by atoms with E-state index in [9.17, 15) is 18.0 Å². The monoisotopic (exact) mass is 337 g/mol. The minimum atomic E-state index is -4.51. The van der Waals surface area contributed by atoms with Crippen LogP contribution in [0.15, 0.2) is 48.5 Å². The van der Waals surface area contributed by atoms with Crippen LogP contribution in [0.1, 0.15) is 15.9 Å². The number of epoxide rings is 1. The number of rotatable bonds is 5. The van der Waals surface area contributed by atoms with E-state index < -0.39 is 17.6 Å². The number of amides is 1. The highest BCUT2D eigenvalue weighted by Crippen LogP contribution is 2.35. The Morgan fingerprint density at radius 1 is 1.21 bits per heavy atom. The third-order valence-corrected chi connectivity index (χ3v) is 3.42. The van der Waals surface area contributed by atoms with Crippen LogP contribution >= 0.6 is 0 Å². The summed E-state index contributed by atoms with van der Waals surface area (Å²) in [4.78, 5) is 12.2. The maximum absolute atomic E-state index is 12.9. The van der Waals surface area contributed by atoms with Crippen LogP contribution < -0.4 is 10.1 Å². The lowest BCUT2D eigenvalue weighted by Crippen LogP contribution is -2.15. The molecular formula is C17H14F3NO3. The number of benzene rings is 2. The minimum Gasteiger partial charge on any atom is -0.489 e. The molecule has 0 aromatic heterocycles. The Morgan fingerprint density at radius 3 is 2.54 bits per heavy atom. The zero-order valence-corrected chi connectivity index (χ0v) is 12.5. The average Bonchev–Trinajstić information content (AvgIpc) is 3.38. The summed E-state index contributed by atoms with van der Waals surface area (Å²) in [5.74, 6) is -0.342. The van der Waals surface area contributed by atoms with E-state index in [1.165, 1.54) is 6.07 Å². The van der Waals surface area contributed by atoms with Crippen molar-refractivity contribution in [2.75, 3.05) is 18.5 Å². The molecule has 1 saturated heterocycles. The fourth-order valence-corrected chi connectivity index (χ4v) is 2.06. The number of carbonyl (C=O) groups excluding carboxylic acids is 1. The maximum Gasteiger partial charge on any atom is 0.416 e. The lowest BCUT2D eigenvalue weighted by molar-refractivity contribution is -0.137. The average molecular weight is 337 g/mol. The lowest BCUT2D eigenvalue weighted by Gasteiger charge is -2.15. The molecule has 1 N–H and O–H groups in total. The Bertz CT molecular complexity index is 728. The van der Waals surface area contributed by atoms with Gasteiger partial charge in [0.2, 0.25) is 0 Å².